The largest absolute Gasteiger partial charge is 0.259 e. The van der Waals surface area contributed by atoms with E-state index in [1.54, 1.807) is 0 Å². The summed E-state index contributed by atoms with van der Waals surface area (Å²) in [5.41, 5.74) is 0. The van der Waals surface area contributed by atoms with Gasteiger partial charge in [0.25, 0.3) is 0 Å². The Kier molecular flexibility index (Phi) is 11.7. The van der Waals surface area contributed by atoms with Crippen LogP contribution in [0.4, 0.5) is 0 Å². The Balaban J connectivity index is 1.83. The maximum Gasteiger partial charge on any atom is 0.0348 e. The van der Waals surface area contributed by atoms with Crippen molar-refractivity contribution in [3.05, 3.63) is 0 Å². The molecule has 0 amide bonds. The first-order chi connectivity index (χ1) is 9.84. The summed E-state index contributed by atoms with van der Waals surface area (Å²) in [6.45, 7) is 2.28. The minimum atomic E-state index is -0.519. The molecular weight excluding hydrogens is 264 g/mol. The van der Waals surface area contributed by atoms with Gasteiger partial charge in [0.05, 0.1) is 0 Å². The average molecular weight is 301 g/mol. The van der Waals surface area contributed by atoms with Crippen molar-refractivity contribution in [2.45, 2.75) is 108 Å². The Morgan fingerprint density at radius 2 is 1.25 bits per heavy atom. The molecule has 1 rings (SSSR count). The first kappa shape index (κ1) is 18.2. The van der Waals surface area contributed by atoms with Crippen molar-refractivity contribution < 1.29 is 4.21 Å². The highest BCUT2D eigenvalue weighted by Crippen LogP contribution is 2.22. The summed E-state index contributed by atoms with van der Waals surface area (Å²) in [4.78, 5) is 0. The fourth-order valence-electron chi connectivity index (χ4n) is 3.23. The first-order valence-corrected chi connectivity index (χ1v) is 10.6. The molecule has 20 heavy (non-hydrogen) atoms. The molecule has 0 spiro atoms. The summed E-state index contributed by atoms with van der Waals surface area (Å²) < 4.78 is 12.1. The predicted molar refractivity (Wildman–Crippen MR) is 91.7 cm³/mol. The minimum Gasteiger partial charge on any atom is -0.259 e. The van der Waals surface area contributed by atoms with Crippen LogP contribution in [0.1, 0.15) is 103 Å². The lowest BCUT2D eigenvalue weighted by Crippen LogP contribution is -2.20. The maximum atomic E-state index is 12.1. The minimum absolute atomic E-state index is 0.519. The van der Waals surface area contributed by atoms with E-state index in [0.29, 0.717) is 5.25 Å². The zero-order valence-electron chi connectivity index (χ0n) is 13.7. The van der Waals surface area contributed by atoms with Gasteiger partial charge in [-0.25, -0.2) is 0 Å². The van der Waals surface area contributed by atoms with Crippen LogP contribution in [0.3, 0.4) is 0 Å². The Morgan fingerprint density at radius 1 is 0.750 bits per heavy atom. The molecule has 0 heterocycles. The summed E-state index contributed by atoms with van der Waals surface area (Å²) >= 11 is 0. The molecule has 0 bridgehead atoms. The van der Waals surface area contributed by atoms with Crippen molar-refractivity contribution in [3.8, 4) is 0 Å². The number of rotatable bonds is 12. The first-order valence-electron chi connectivity index (χ1n) is 9.21. The topological polar surface area (TPSA) is 17.1 Å². The van der Waals surface area contributed by atoms with Gasteiger partial charge in [-0.2, -0.15) is 0 Å². The van der Waals surface area contributed by atoms with Gasteiger partial charge in [0, 0.05) is 21.8 Å². The molecule has 0 radical (unpaired) electrons. The van der Waals surface area contributed by atoms with E-state index in [-0.39, 0.29) is 0 Å². The standard InChI is InChI=1S/C18H36OS/c1-2-3-4-5-6-7-8-9-10-14-17-20(19)18-15-12-11-13-16-18/h18H,2-17H2,1H3. The molecule has 1 nitrogen and oxygen atoms in total. The summed E-state index contributed by atoms with van der Waals surface area (Å²) in [5, 5.41) is 0.544. The highest BCUT2D eigenvalue weighted by atomic mass is 32.2. The van der Waals surface area contributed by atoms with E-state index in [2.05, 4.69) is 6.92 Å². The van der Waals surface area contributed by atoms with E-state index in [9.17, 15) is 4.21 Å². The third-order valence-corrected chi connectivity index (χ3v) is 6.53. The van der Waals surface area contributed by atoms with Gasteiger partial charge in [-0.1, -0.05) is 84.0 Å². The molecule has 120 valence electrons. The van der Waals surface area contributed by atoms with Gasteiger partial charge in [-0.15, -0.1) is 0 Å². The summed E-state index contributed by atoms with van der Waals surface area (Å²) in [6, 6.07) is 0. The highest BCUT2D eigenvalue weighted by molar-refractivity contribution is 7.85. The highest BCUT2D eigenvalue weighted by Gasteiger charge is 2.18. The fraction of sp³-hybridized carbons (Fsp3) is 1.00. The Morgan fingerprint density at radius 3 is 1.80 bits per heavy atom. The molecule has 1 saturated carbocycles. The van der Waals surface area contributed by atoms with Crippen molar-refractivity contribution in [1.82, 2.24) is 0 Å². The molecule has 0 aromatic rings. The zero-order chi connectivity index (χ0) is 14.5. The van der Waals surface area contributed by atoms with Gasteiger partial charge in [-0.05, 0) is 19.3 Å². The molecule has 1 fully saturated rings. The van der Waals surface area contributed by atoms with E-state index < -0.39 is 10.8 Å². The normalized spacial score (nSPS) is 18.2. The van der Waals surface area contributed by atoms with Crippen LogP contribution in [0, 0.1) is 0 Å². The van der Waals surface area contributed by atoms with Gasteiger partial charge >= 0.3 is 0 Å². The van der Waals surface area contributed by atoms with Gasteiger partial charge in [0.1, 0.15) is 0 Å². The molecule has 0 N–H and O–H groups in total. The smallest absolute Gasteiger partial charge is 0.0348 e. The second-order valence-electron chi connectivity index (χ2n) is 6.53. The molecule has 0 aliphatic heterocycles. The second kappa shape index (κ2) is 12.9. The molecule has 1 atom stereocenters. The average Bonchev–Trinajstić information content (AvgIpc) is 2.50. The number of hydrogen-bond acceptors (Lipinski definition) is 1. The molecule has 1 unspecified atom stereocenters. The molecule has 1 aliphatic rings. The number of unbranched alkanes of at least 4 members (excludes halogenated alkanes) is 9. The quantitative estimate of drug-likeness (QED) is 0.405. The van der Waals surface area contributed by atoms with Crippen LogP contribution >= 0.6 is 0 Å². The van der Waals surface area contributed by atoms with E-state index in [1.807, 2.05) is 0 Å². The second-order valence-corrected chi connectivity index (χ2v) is 8.36. The monoisotopic (exact) mass is 300 g/mol. The fourth-order valence-corrected chi connectivity index (χ4v) is 4.91. The lowest BCUT2D eigenvalue weighted by Gasteiger charge is -2.20. The van der Waals surface area contributed by atoms with Gasteiger partial charge in [0.2, 0.25) is 0 Å². The van der Waals surface area contributed by atoms with Crippen molar-refractivity contribution in [2.75, 3.05) is 5.75 Å². The van der Waals surface area contributed by atoms with E-state index in [0.717, 1.165) is 5.75 Å². The lowest BCUT2D eigenvalue weighted by molar-refractivity contribution is 0.503. The van der Waals surface area contributed by atoms with Crippen LogP contribution in [0.5, 0.6) is 0 Å². The van der Waals surface area contributed by atoms with Crippen LogP contribution in [0.25, 0.3) is 0 Å². The van der Waals surface area contributed by atoms with Gasteiger partial charge in [-0.3, -0.25) is 4.21 Å². The van der Waals surface area contributed by atoms with Crippen molar-refractivity contribution >= 4 is 10.8 Å². The van der Waals surface area contributed by atoms with Crippen LogP contribution in [-0.2, 0) is 10.8 Å². The molecule has 0 saturated heterocycles. The van der Waals surface area contributed by atoms with Gasteiger partial charge in [0.15, 0.2) is 0 Å². The van der Waals surface area contributed by atoms with Crippen molar-refractivity contribution in [3.63, 3.8) is 0 Å². The molecule has 2 heteroatoms. The van der Waals surface area contributed by atoms with Crippen LogP contribution in [0.2, 0.25) is 0 Å². The number of hydrogen-bond donors (Lipinski definition) is 0. The molecule has 1 aliphatic carbocycles. The van der Waals surface area contributed by atoms with Crippen LogP contribution in [0.15, 0.2) is 0 Å². The Hall–Kier alpha value is 0.150. The van der Waals surface area contributed by atoms with Crippen molar-refractivity contribution in [2.24, 2.45) is 0 Å². The Labute approximate surface area is 129 Å². The molecular formula is C18H36OS. The summed E-state index contributed by atoms with van der Waals surface area (Å²) in [5.74, 6) is 0.973. The van der Waals surface area contributed by atoms with Gasteiger partial charge < -0.3 is 0 Å². The van der Waals surface area contributed by atoms with E-state index in [4.69, 9.17) is 0 Å². The van der Waals surface area contributed by atoms with Crippen LogP contribution in [-0.4, -0.2) is 15.2 Å². The van der Waals surface area contributed by atoms with E-state index in [1.165, 1.54) is 96.3 Å². The third kappa shape index (κ3) is 9.15. The maximum absolute atomic E-state index is 12.1. The third-order valence-electron chi connectivity index (χ3n) is 4.62. The zero-order valence-corrected chi connectivity index (χ0v) is 14.5. The SMILES string of the molecule is CCCCCCCCCCCCS(=O)C1CCCCC1. The Bertz CT molecular complexity index is 234. The molecule has 0 aromatic heterocycles. The van der Waals surface area contributed by atoms with E-state index >= 15 is 0 Å². The van der Waals surface area contributed by atoms with Crippen LogP contribution < -0.4 is 0 Å². The molecule has 0 aromatic carbocycles. The van der Waals surface area contributed by atoms with Crippen molar-refractivity contribution in [1.29, 1.82) is 0 Å². The predicted octanol–water partition coefficient (Wildman–Crippen LogP) is 5.99. The summed E-state index contributed by atoms with van der Waals surface area (Å²) in [7, 11) is -0.519. The lowest BCUT2D eigenvalue weighted by atomic mass is 10.0. The summed E-state index contributed by atoms with van der Waals surface area (Å²) in [6.07, 6.45) is 20.1.